The molecule has 20 heavy (non-hydrogen) atoms. The Balaban J connectivity index is 1.98. The van der Waals surface area contributed by atoms with Gasteiger partial charge in [-0.1, -0.05) is 18.2 Å². The standard InChI is InChI=1S/C16H15NO3/c1-2-20-15(19)16-7-10(16)8-17-13-6-4-3-5-11(13)12(9-18)14(16)17/h3-6,9-10H,2,7-8H2,1H3/t10?,16-/m0/s1. The van der Waals surface area contributed by atoms with Crippen molar-refractivity contribution in [2.24, 2.45) is 5.92 Å². The molecule has 1 saturated carbocycles. The molecule has 1 aromatic carbocycles. The molecule has 1 aliphatic heterocycles. The lowest BCUT2D eigenvalue weighted by Crippen LogP contribution is -2.25. The van der Waals surface area contributed by atoms with Crippen molar-refractivity contribution in [3.05, 3.63) is 35.5 Å². The molecular formula is C16H15NO3. The van der Waals surface area contributed by atoms with E-state index >= 15 is 0 Å². The Kier molecular flexibility index (Phi) is 2.18. The minimum absolute atomic E-state index is 0.172. The first-order valence-corrected chi connectivity index (χ1v) is 6.98. The van der Waals surface area contributed by atoms with Crippen molar-refractivity contribution in [2.45, 2.75) is 25.3 Å². The summed E-state index contributed by atoms with van der Waals surface area (Å²) < 4.78 is 7.38. The summed E-state index contributed by atoms with van der Waals surface area (Å²) in [6.07, 6.45) is 1.69. The molecule has 0 N–H and O–H groups in total. The Morgan fingerprint density at radius 2 is 2.30 bits per heavy atom. The number of nitrogens with zero attached hydrogens (tertiary/aromatic N) is 1. The quantitative estimate of drug-likeness (QED) is 0.634. The molecule has 0 amide bonds. The summed E-state index contributed by atoms with van der Waals surface area (Å²) in [6, 6.07) is 7.84. The minimum Gasteiger partial charge on any atom is -0.465 e. The lowest BCUT2D eigenvalue weighted by atomic mass is 9.97. The number of benzene rings is 1. The van der Waals surface area contributed by atoms with Gasteiger partial charge >= 0.3 is 5.97 Å². The molecule has 4 nitrogen and oxygen atoms in total. The Morgan fingerprint density at radius 1 is 1.50 bits per heavy atom. The van der Waals surface area contributed by atoms with Gasteiger partial charge in [0.1, 0.15) is 5.41 Å². The van der Waals surface area contributed by atoms with Crippen LogP contribution in [0.5, 0.6) is 0 Å². The SMILES string of the molecule is CCOC(=O)[C@@]12CC1Cn1c2c(C=O)c2ccccc21. The average molecular weight is 269 g/mol. The van der Waals surface area contributed by atoms with Crippen LogP contribution in [0.25, 0.3) is 10.9 Å². The molecule has 0 spiro atoms. The molecule has 2 heterocycles. The summed E-state index contributed by atoms with van der Waals surface area (Å²) in [5.41, 5.74) is 2.01. The first-order chi connectivity index (χ1) is 9.74. The van der Waals surface area contributed by atoms with Crippen molar-refractivity contribution >= 4 is 23.2 Å². The maximum atomic E-state index is 12.4. The predicted octanol–water partition coefficient (Wildman–Crippen LogP) is 2.29. The van der Waals surface area contributed by atoms with Crippen molar-refractivity contribution < 1.29 is 14.3 Å². The fraction of sp³-hybridized carbons (Fsp3) is 0.375. The van der Waals surface area contributed by atoms with E-state index in [4.69, 9.17) is 4.74 Å². The summed E-state index contributed by atoms with van der Waals surface area (Å²) in [5, 5.41) is 0.937. The maximum Gasteiger partial charge on any atom is 0.318 e. The van der Waals surface area contributed by atoms with Crippen LogP contribution in [0.4, 0.5) is 0 Å². The van der Waals surface area contributed by atoms with Crippen molar-refractivity contribution in [3.63, 3.8) is 0 Å². The number of para-hydroxylation sites is 1. The first kappa shape index (κ1) is 11.7. The van der Waals surface area contributed by atoms with Gasteiger partial charge in [0.15, 0.2) is 6.29 Å². The third-order valence-electron chi connectivity index (χ3n) is 4.70. The summed E-state index contributed by atoms with van der Waals surface area (Å²) in [4.78, 5) is 23.9. The topological polar surface area (TPSA) is 48.3 Å². The smallest absolute Gasteiger partial charge is 0.318 e. The average Bonchev–Trinajstić information content (AvgIpc) is 2.96. The molecular weight excluding hydrogens is 254 g/mol. The van der Waals surface area contributed by atoms with E-state index in [0.717, 1.165) is 35.8 Å². The number of fused-ring (bicyclic) bond motifs is 5. The number of carbonyl (C=O) groups is 2. The molecule has 1 aliphatic carbocycles. The van der Waals surface area contributed by atoms with Crippen LogP contribution in [0.3, 0.4) is 0 Å². The van der Waals surface area contributed by atoms with Gasteiger partial charge in [0, 0.05) is 34.6 Å². The van der Waals surface area contributed by atoms with Crippen molar-refractivity contribution in [3.8, 4) is 0 Å². The van der Waals surface area contributed by atoms with E-state index in [2.05, 4.69) is 4.57 Å². The molecule has 4 rings (SSSR count). The number of ether oxygens (including phenoxy) is 1. The number of carbonyl (C=O) groups excluding carboxylic acids is 2. The second-order valence-corrected chi connectivity index (χ2v) is 5.60. The number of hydrogen-bond donors (Lipinski definition) is 0. The van der Waals surface area contributed by atoms with E-state index in [1.54, 1.807) is 0 Å². The fourth-order valence-electron chi connectivity index (χ4n) is 3.79. The van der Waals surface area contributed by atoms with Crippen LogP contribution in [0.1, 0.15) is 29.4 Å². The molecule has 0 radical (unpaired) electrons. The third-order valence-corrected chi connectivity index (χ3v) is 4.70. The van der Waals surface area contributed by atoms with Crippen molar-refractivity contribution in [2.75, 3.05) is 6.61 Å². The zero-order valence-electron chi connectivity index (χ0n) is 11.3. The Bertz CT molecular complexity index is 746. The predicted molar refractivity (Wildman–Crippen MR) is 73.7 cm³/mol. The molecule has 0 saturated heterocycles. The zero-order chi connectivity index (χ0) is 13.9. The highest BCUT2D eigenvalue weighted by molar-refractivity contribution is 6.04. The van der Waals surface area contributed by atoms with Crippen LogP contribution in [0.2, 0.25) is 0 Å². The summed E-state index contributed by atoms with van der Waals surface area (Å²) >= 11 is 0. The van der Waals surface area contributed by atoms with Crippen molar-refractivity contribution in [1.29, 1.82) is 0 Å². The zero-order valence-corrected chi connectivity index (χ0v) is 11.3. The summed E-state index contributed by atoms with van der Waals surface area (Å²) in [5.74, 6) is 0.120. The Labute approximate surface area is 116 Å². The van der Waals surface area contributed by atoms with Gasteiger partial charge in [0.05, 0.1) is 6.61 Å². The molecule has 102 valence electrons. The Hall–Kier alpha value is -2.10. The Morgan fingerprint density at radius 3 is 3.05 bits per heavy atom. The molecule has 1 aromatic heterocycles. The van der Waals surface area contributed by atoms with Crippen LogP contribution in [-0.4, -0.2) is 23.4 Å². The van der Waals surface area contributed by atoms with Gasteiger partial charge in [-0.05, 0) is 19.4 Å². The van der Waals surface area contributed by atoms with Gasteiger partial charge in [-0.3, -0.25) is 9.59 Å². The van der Waals surface area contributed by atoms with E-state index < -0.39 is 5.41 Å². The number of aldehydes is 1. The van der Waals surface area contributed by atoms with Crippen LogP contribution in [0, 0.1) is 5.92 Å². The van der Waals surface area contributed by atoms with E-state index in [0.29, 0.717) is 18.1 Å². The monoisotopic (exact) mass is 269 g/mol. The highest BCUT2D eigenvalue weighted by Crippen LogP contribution is 2.62. The van der Waals surface area contributed by atoms with E-state index in [1.165, 1.54) is 0 Å². The first-order valence-electron chi connectivity index (χ1n) is 6.98. The number of rotatable bonds is 3. The van der Waals surface area contributed by atoms with Gasteiger partial charge < -0.3 is 9.30 Å². The van der Waals surface area contributed by atoms with Gasteiger partial charge in [0.2, 0.25) is 0 Å². The molecule has 2 atom stereocenters. The maximum absolute atomic E-state index is 12.4. The van der Waals surface area contributed by atoms with Gasteiger partial charge in [-0.2, -0.15) is 0 Å². The second kappa shape index (κ2) is 3.72. The van der Waals surface area contributed by atoms with E-state index in [9.17, 15) is 9.59 Å². The van der Waals surface area contributed by atoms with Gasteiger partial charge in [-0.15, -0.1) is 0 Å². The van der Waals surface area contributed by atoms with Crippen LogP contribution < -0.4 is 0 Å². The minimum atomic E-state index is -0.564. The van der Waals surface area contributed by atoms with E-state index in [-0.39, 0.29) is 5.97 Å². The molecule has 2 aromatic rings. The second-order valence-electron chi connectivity index (χ2n) is 5.60. The number of hydrogen-bond acceptors (Lipinski definition) is 3. The number of esters is 1. The largest absolute Gasteiger partial charge is 0.465 e. The normalized spacial score (nSPS) is 26.1. The molecule has 2 aliphatic rings. The van der Waals surface area contributed by atoms with E-state index in [1.807, 2.05) is 31.2 Å². The summed E-state index contributed by atoms with van der Waals surface area (Å²) in [7, 11) is 0. The lowest BCUT2D eigenvalue weighted by molar-refractivity contribution is -0.146. The number of aromatic nitrogens is 1. The third kappa shape index (κ3) is 1.17. The van der Waals surface area contributed by atoms with Gasteiger partial charge in [0.25, 0.3) is 0 Å². The van der Waals surface area contributed by atoms with Crippen LogP contribution in [-0.2, 0) is 21.5 Å². The molecule has 0 bridgehead atoms. The molecule has 1 unspecified atom stereocenters. The van der Waals surface area contributed by atoms with Gasteiger partial charge in [-0.25, -0.2) is 0 Å². The van der Waals surface area contributed by atoms with Crippen LogP contribution in [0.15, 0.2) is 24.3 Å². The molecule has 4 heteroatoms. The van der Waals surface area contributed by atoms with Crippen molar-refractivity contribution in [1.82, 2.24) is 4.57 Å². The van der Waals surface area contributed by atoms with Crippen LogP contribution >= 0.6 is 0 Å². The summed E-state index contributed by atoms with van der Waals surface area (Å²) in [6.45, 7) is 3.00. The lowest BCUT2D eigenvalue weighted by Gasteiger charge is -2.13. The molecule has 1 fully saturated rings. The highest BCUT2D eigenvalue weighted by atomic mass is 16.5. The fourth-order valence-corrected chi connectivity index (χ4v) is 3.79. The highest BCUT2D eigenvalue weighted by Gasteiger charge is 2.68.